The first-order chi connectivity index (χ1) is 20.4. The van der Waals surface area contributed by atoms with E-state index >= 15 is 0 Å². The Morgan fingerprint density at radius 2 is 1.95 bits per heavy atom. The number of anilines is 2. The molecule has 2 aliphatic heterocycles. The topological polar surface area (TPSA) is 139 Å². The van der Waals surface area contributed by atoms with Gasteiger partial charge in [0.25, 0.3) is 11.8 Å². The highest BCUT2D eigenvalue weighted by Gasteiger charge is 2.65. The van der Waals surface area contributed by atoms with Crippen LogP contribution in [0.2, 0.25) is 18.6 Å². The molecule has 5 rings (SSSR count). The second-order valence-corrected chi connectivity index (χ2v) is 16.8. The van der Waals surface area contributed by atoms with Gasteiger partial charge in [-0.25, -0.2) is 0 Å². The Hall–Kier alpha value is -3.58. The molecule has 0 unspecified atom stereocenters. The number of carbonyl (C=O) groups is 2. The molecule has 3 N–H and O–H groups in total. The van der Waals surface area contributed by atoms with E-state index in [4.69, 9.17) is 9.47 Å². The van der Waals surface area contributed by atoms with Crippen LogP contribution in [0.25, 0.3) is 0 Å². The van der Waals surface area contributed by atoms with Gasteiger partial charge < -0.3 is 29.9 Å². The highest BCUT2D eigenvalue weighted by atomic mass is 28.3. The van der Waals surface area contributed by atoms with Gasteiger partial charge in [0.15, 0.2) is 5.60 Å². The first kappa shape index (κ1) is 30.9. The average molecular weight is 608 g/mol. The van der Waals surface area contributed by atoms with Crippen LogP contribution in [0.1, 0.15) is 31.5 Å². The smallest absolute Gasteiger partial charge is 0.264 e. The van der Waals surface area contributed by atoms with Crippen LogP contribution in [0, 0.1) is 5.92 Å². The summed E-state index contributed by atoms with van der Waals surface area (Å²) < 4.78 is 14.2. The number of amides is 2. The Balaban J connectivity index is 1.56. The molecule has 11 nitrogen and oxygen atoms in total. The van der Waals surface area contributed by atoms with E-state index in [9.17, 15) is 19.8 Å². The predicted molar refractivity (Wildman–Crippen MR) is 165 cm³/mol. The van der Waals surface area contributed by atoms with Crippen molar-refractivity contribution in [2.45, 2.75) is 69.7 Å². The number of likely N-dealkylation sites (N-methyl/N-ethyl adjacent to an activating group) is 1. The molecule has 0 bridgehead atoms. The summed E-state index contributed by atoms with van der Waals surface area (Å²) in [6.45, 7) is 8.71. The number of ether oxygens (including phenoxy) is 2. The van der Waals surface area contributed by atoms with E-state index in [1.54, 1.807) is 29.8 Å². The van der Waals surface area contributed by atoms with E-state index < -0.39 is 25.7 Å². The van der Waals surface area contributed by atoms with Crippen LogP contribution in [0.15, 0.2) is 48.7 Å². The van der Waals surface area contributed by atoms with Crippen molar-refractivity contribution >= 4 is 36.4 Å². The Bertz CT molecular complexity index is 1490. The van der Waals surface area contributed by atoms with Gasteiger partial charge in [0, 0.05) is 50.0 Å². The van der Waals surface area contributed by atoms with Crippen LogP contribution in [0.3, 0.4) is 0 Å². The van der Waals surface area contributed by atoms with Gasteiger partial charge in [0.05, 0.1) is 32.7 Å². The van der Waals surface area contributed by atoms with Gasteiger partial charge in [0.1, 0.15) is 11.9 Å². The molecule has 3 heterocycles. The van der Waals surface area contributed by atoms with E-state index in [0.29, 0.717) is 30.6 Å². The number of aliphatic hydroxyl groups excluding tert-OH is 2. The summed E-state index contributed by atoms with van der Waals surface area (Å²) in [5, 5.41) is 31.5. The van der Waals surface area contributed by atoms with Gasteiger partial charge in [-0.2, -0.15) is 0 Å². The van der Waals surface area contributed by atoms with Crippen LogP contribution in [0.4, 0.5) is 11.4 Å². The number of hydrogen-bond acceptors (Lipinski definition) is 8. The molecule has 0 aliphatic carbocycles. The maximum Gasteiger partial charge on any atom is 0.264 e. The molecule has 1 aromatic heterocycles. The lowest BCUT2D eigenvalue weighted by Gasteiger charge is -2.37. The number of nitrogens with one attached hydrogen (secondary N) is 1. The van der Waals surface area contributed by atoms with Crippen LogP contribution in [-0.4, -0.2) is 78.1 Å². The number of rotatable bonds is 10. The minimum atomic E-state index is -2.31. The van der Waals surface area contributed by atoms with Crippen molar-refractivity contribution in [1.29, 1.82) is 0 Å². The number of methoxy groups -OCH3 is 1. The van der Waals surface area contributed by atoms with E-state index in [-0.39, 0.29) is 30.1 Å². The van der Waals surface area contributed by atoms with Crippen LogP contribution in [0.5, 0.6) is 5.75 Å². The van der Waals surface area contributed by atoms with Crippen molar-refractivity contribution in [2.75, 3.05) is 31.0 Å². The number of benzene rings is 2. The molecule has 3 aromatic rings. The van der Waals surface area contributed by atoms with Crippen LogP contribution < -0.4 is 20.1 Å². The third kappa shape index (κ3) is 5.37. The molecular formula is C31H41N5O6Si. The number of hydrogen-bond donors (Lipinski definition) is 3. The molecule has 1 fully saturated rings. The van der Waals surface area contributed by atoms with Gasteiger partial charge in [-0.3, -0.25) is 14.3 Å². The summed E-state index contributed by atoms with van der Waals surface area (Å²) in [5.74, 6) is -0.0624. The van der Waals surface area contributed by atoms with Gasteiger partial charge in [-0.1, -0.05) is 42.6 Å². The van der Waals surface area contributed by atoms with Gasteiger partial charge in [-0.05, 0) is 49.2 Å². The summed E-state index contributed by atoms with van der Waals surface area (Å²) in [6, 6.07) is 13.6. The summed E-state index contributed by atoms with van der Waals surface area (Å²) in [6.07, 6.45) is 1.43. The Kier molecular flexibility index (Phi) is 8.49. The van der Waals surface area contributed by atoms with Crippen LogP contribution >= 0.6 is 0 Å². The zero-order valence-electron chi connectivity index (χ0n) is 25.6. The molecule has 0 saturated carbocycles. The zero-order chi connectivity index (χ0) is 31.1. The molecule has 0 radical (unpaired) electrons. The molecule has 12 heteroatoms. The van der Waals surface area contributed by atoms with E-state index in [1.165, 1.54) is 12.1 Å². The fourth-order valence-corrected chi connectivity index (χ4v) is 11.0. The Morgan fingerprint density at radius 3 is 2.60 bits per heavy atom. The average Bonchev–Trinajstić information content (AvgIpc) is 3.62. The second-order valence-electron chi connectivity index (χ2n) is 12.2. The third-order valence-corrected chi connectivity index (χ3v) is 13.6. The molecule has 5 atom stereocenters. The maximum absolute atomic E-state index is 14.2. The SMILES string of the molecule is COc1ccc([Si](C)(C)[C@@H]2[C@@H](CCn3cc(CCO)nn3)O[C@]3(C(=O)N(C)c4ccc(NC(=O)[C@H](C)O)cc43)[C@H]2C)cc1. The monoisotopic (exact) mass is 607 g/mol. The second kappa shape index (κ2) is 11.8. The fraction of sp³-hybridized carbons (Fsp3) is 0.484. The zero-order valence-corrected chi connectivity index (χ0v) is 26.6. The van der Waals surface area contributed by atoms with Crippen molar-refractivity contribution in [3.8, 4) is 5.75 Å². The summed E-state index contributed by atoms with van der Waals surface area (Å²) in [4.78, 5) is 28.2. The molecular weight excluding hydrogens is 566 g/mol. The van der Waals surface area contributed by atoms with Gasteiger partial charge >= 0.3 is 0 Å². The molecule has 1 spiro atoms. The number of aromatic nitrogens is 3. The van der Waals surface area contributed by atoms with E-state index in [2.05, 4.69) is 47.8 Å². The first-order valence-electron chi connectivity index (χ1n) is 14.7. The molecule has 2 aromatic carbocycles. The number of carbonyl (C=O) groups excluding carboxylic acids is 2. The minimum absolute atomic E-state index is 0.00286. The van der Waals surface area contributed by atoms with Crippen LogP contribution in [-0.2, 0) is 32.9 Å². The highest BCUT2D eigenvalue weighted by molar-refractivity contribution is 6.91. The Morgan fingerprint density at radius 1 is 1.23 bits per heavy atom. The van der Waals surface area contributed by atoms with Crippen molar-refractivity contribution in [1.82, 2.24) is 15.0 Å². The van der Waals surface area contributed by atoms with Gasteiger partial charge in [-0.15, -0.1) is 5.10 Å². The van der Waals surface area contributed by atoms with E-state index in [1.807, 2.05) is 30.5 Å². The quantitative estimate of drug-likeness (QED) is 0.299. The molecule has 43 heavy (non-hydrogen) atoms. The Labute approximate surface area is 252 Å². The standard InChI is InChI=1S/C31H41N5O6Si/c1-19-28(43(5,6)24-10-8-23(41-4)9-11-24)27(13-15-36-18-22(14-16-37)33-34-36)42-31(19)25-17-21(32-29(39)20(2)38)7-12-26(25)35(3)30(31)40/h7-12,17-20,27-28,37-38H,13-16H2,1-6H3,(H,32,39)/t19-,20-,27+,28-,31+/m0/s1. The largest absolute Gasteiger partial charge is 0.497 e. The summed E-state index contributed by atoms with van der Waals surface area (Å²) in [5.41, 5.74) is 1.46. The lowest BCUT2D eigenvalue weighted by molar-refractivity contribution is -0.145. The summed E-state index contributed by atoms with van der Waals surface area (Å²) >= 11 is 0. The molecule has 2 amide bonds. The maximum atomic E-state index is 14.2. The highest BCUT2D eigenvalue weighted by Crippen LogP contribution is 2.60. The number of aryl methyl sites for hydroxylation is 1. The molecule has 1 saturated heterocycles. The van der Waals surface area contributed by atoms with Crippen molar-refractivity contribution in [3.63, 3.8) is 0 Å². The lowest BCUT2D eigenvalue weighted by Crippen LogP contribution is -2.51. The first-order valence-corrected chi connectivity index (χ1v) is 17.8. The number of aliphatic hydroxyl groups is 2. The number of fused-ring (bicyclic) bond motifs is 2. The molecule has 2 aliphatic rings. The van der Waals surface area contributed by atoms with Gasteiger partial charge in [0.2, 0.25) is 0 Å². The summed E-state index contributed by atoms with van der Waals surface area (Å²) in [7, 11) is 1.10. The van der Waals surface area contributed by atoms with Crippen molar-refractivity contribution in [2.24, 2.45) is 5.92 Å². The van der Waals surface area contributed by atoms with Crippen molar-refractivity contribution in [3.05, 3.63) is 59.9 Å². The van der Waals surface area contributed by atoms with E-state index in [0.717, 1.165) is 17.1 Å². The normalized spacial score (nSPS) is 24.0. The molecule has 230 valence electrons. The third-order valence-electron chi connectivity index (χ3n) is 9.21. The van der Waals surface area contributed by atoms with Crippen molar-refractivity contribution < 1.29 is 29.3 Å². The fourth-order valence-electron chi connectivity index (χ4n) is 6.95. The minimum Gasteiger partial charge on any atom is -0.497 e. The predicted octanol–water partition coefficient (Wildman–Crippen LogP) is 2.42. The lowest BCUT2D eigenvalue weighted by atomic mass is 9.82. The number of nitrogens with zero attached hydrogens (tertiary/aromatic N) is 4.